The summed E-state index contributed by atoms with van der Waals surface area (Å²) >= 11 is 1.42. The molecule has 0 spiro atoms. The minimum atomic E-state index is -0.525. The van der Waals surface area contributed by atoms with E-state index in [4.69, 9.17) is 9.47 Å². The van der Waals surface area contributed by atoms with Crippen molar-refractivity contribution >= 4 is 23.7 Å². The molecule has 1 aromatic rings. The molecule has 1 heterocycles. The highest BCUT2D eigenvalue weighted by Crippen LogP contribution is 2.42. The fraction of sp³-hybridized carbons (Fsp3) is 0.250. The van der Waals surface area contributed by atoms with Crippen LogP contribution in [-0.2, 0) is 20.9 Å². The van der Waals surface area contributed by atoms with Crippen molar-refractivity contribution in [1.82, 2.24) is 0 Å². The van der Waals surface area contributed by atoms with E-state index in [1.807, 2.05) is 0 Å². The molecule has 6 heteroatoms. The second kappa shape index (κ2) is 5.96. The second-order valence-corrected chi connectivity index (χ2v) is 6.12. The SMILES string of the molecule is CC(=O)OCc1ccc2c(c1)C(=O)OC1=C(CCC(F)=C1)S2. The summed E-state index contributed by atoms with van der Waals surface area (Å²) in [5.41, 5.74) is 1.10. The van der Waals surface area contributed by atoms with Crippen molar-refractivity contribution in [3.05, 3.63) is 51.9 Å². The van der Waals surface area contributed by atoms with Gasteiger partial charge >= 0.3 is 11.9 Å². The number of hydrogen-bond acceptors (Lipinski definition) is 5. The predicted molar refractivity (Wildman–Crippen MR) is 78.6 cm³/mol. The highest BCUT2D eigenvalue weighted by molar-refractivity contribution is 8.03. The largest absolute Gasteiger partial charge is 0.461 e. The van der Waals surface area contributed by atoms with Crippen molar-refractivity contribution in [2.75, 3.05) is 0 Å². The molecule has 0 amide bonds. The Hall–Kier alpha value is -2.08. The molecule has 0 atom stereocenters. The molecule has 2 aliphatic rings. The maximum Gasteiger partial charge on any atom is 0.344 e. The van der Waals surface area contributed by atoms with Gasteiger partial charge in [-0.3, -0.25) is 4.79 Å². The van der Waals surface area contributed by atoms with Crippen molar-refractivity contribution in [1.29, 1.82) is 0 Å². The van der Waals surface area contributed by atoms with E-state index in [-0.39, 0.29) is 24.2 Å². The van der Waals surface area contributed by atoms with Crippen LogP contribution < -0.4 is 0 Å². The van der Waals surface area contributed by atoms with Crippen molar-refractivity contribution in [3.8, 4) is 0 Å². The van der Waals surface area contributed by atoms with E-state index in [9.17, 15) is 14.0 Å². The molecule has 0 radical (unpaired) electrons. The molecule has 0 saturated heterocycles. The first-order valence-electron chi connectivity index (χ1n) is 6.78. The van der Waals surface area contributed by atoms with Crippen LogP contribution in [0.2, 0.25) is 0 Å². The van der Waals surface area contributed by atoms with E-state index in [1.165, 1.54) is 24.8 Å². The predicted octanol–water partition coefficient (Wildman–Crippen LogP) is 3.87. The monoisotopic (exact) mass is 320 g/mol. The Labute approximate surface area is 131 Å². The van der Waals surface area contributed by atoms with Gasteiger partial charge in [0.15, 0.2) is 0 Å². The van der Waals surface area contributed by atoms with E-state index in [2.05, 4.69) is 0 Å². The Morgan fingerprint density at radius 2 is 2.23 bits per heavy atom. The summed E-state index contributed by atoms with van der Waals surface area (Å²) in [7, 11) is 0. The van der Waals surface area contributed by atoms with Gasteiger partial charge < -0.3 is 9.47 Å². The van der Waals surface area contributed by atoms with Gasteiger partial charge in [-0.1, -0.05) is 17.8 Å². The van der Waals surface area contributed by atoms with Gasteiger partial charge in [-0.25, -0.2) is 9.18 Å². The maximum absolute atomic E-state index is 13.4. The molecule has 0 saturated carbocycles. The van der Waals surface area contributed by atoms with E-state index in [0.29, 0.717) is 24.0 Å². The molecule has 3 rings (SSSR count). The normalized spacial score (nSPS) is 17.0. The van der Waals surface area contributed by atoms with E-state index in [1.54, 1.807) is 18.2 Å². The lowest BCUT2D eigenvalue weighted by Crippen LogP contribution is -2.07. The van der Waals surface area contributed by atoms with Crippen LogP contribution in [-0.4, -0.2) is 11.9 Å². The molecule has 4 nitrogen and oxygen atoms in total. The van der Waals surface area contributed by atoms with E-state index < -0.39 is 5.97 Å². The zero-order chi connectivity index (χ0) is 15.7. The van der Waals surface area contributed by atoms with Gasteiger partial charge in [-0.15, -0.1) is 0 Å². The number of allylic oxidation sites excluding steroid dienone is 3. The zero-order valence-electron chi connectivity index (χ0n) is 11.8. The number of ether oxygens (including phenoxy) is 2. The number of fused-ring (bicyclic) bond motifs is 1. The van der Waals surface area contributed by atoms with Crippen molar-refractivity contribution < 1.29 is 23.5 Å². The number of benzene rings is 1. The number of thioether (sulfide) groups is 1. The Morgan fingerprint density at radius 3 is 3.00 bits per heavy atom. The highest BCUT2D eigenvalue weighted by Gasteiger charge is 2.26. The number of carbonyl (C=O) groups excluding carboxylic acids is 2. The third kappa shape index (κ3) is 3.06. The lowest BCUT2D eigenvalue weighted by atomic mass is 10.1. The number of hydrogen-bond donors (Lipinski definition) is 0. The zero-order valence-corrected chi connectivity index (χ0v) is 12.7. The number of esters is 2. The summed E-state index contributed by atoms with van der Waals surface area (Å²) in [5.74, 6) is -0.905. The quantitative estimate of drug-likeness (QED) is 0.774. The molecular weight excluding hydrogens is 307 g/mol. The molecule has 1 aromatic carbocycles. The van der Waals surface area contributed by atoms with E-state index in [0.717, 1.165) is 9.80 Å². The first-order valence-corrected chi connectivity index (χ1v) is 7.60. The summed E-state index contributed by atoms with van der Waals surface area (Å²) in [5, 5.41) is 0. The molecule has 0 aromatic heterocycles. The minimum absolute atomic E-state index is 0.0994. The average molecular weight is 320 g/mol. The Balaban J connectivity index is 1.90. The molecule has 1 aliphatic carbocycles. The lowest BCUT2D eigenvalue weighted by Gasteiger charge is -2.12. The standard InChI is InChI=1S/C16H13FO4S/c1-9(18)20-8-10-2-4-14-12(6-10)16(19)21-13-7-11(17)3-5-15(13)22-14/h2,4,6-7H,3,5,8H2,1H3. The van der Waals surface area contributed by atoms with Crippen LogP contribution in [0.3, 0.4) is 0 Å². The molecule has 0 bridgehead atoms. The van der Waals surface area contributed by atoms with Crippen molar-refractivity contribution in [3.63, 3.8) is 0 Å². The average Bonchev–Trinajstić information content (AvgIpc) is 2.61. The summed E-state index contributed by atoms with van der Waals surface area (Å²) in [4.78, 5) is 24.7. The molecule has 22 heavy (non-hydrogen) atoms. The van der Waals surface area contributed by atoms with Crippen LogP contribution >= 0.6 is 11.8 Å². The van der Waals surface area contributed by atoms with Crippen LogP contribution in [0, 0.1) is 0 Å². The van der Waals surface area contributed by atoms with Crippen LogP contribution in [0.15, 0.2) is 45.7 Å². The first-order chi connectivity index (χ1) is 10.5. The minimum Gasteiger partial charge on any atom is -0.461 e. The van der Waals surface area contributed by atoms with Gasteiger partial charge in [0.25, 0.3) is 0 Å². The van der Waals surface area contributed by atoms with Gasteiger partial charge in [0.2, 0.25) is 0 Å². The Bertz CT molecular complexity index is 721. The summed E-state index contributed by atoms with van der Waals surface area (Å²) < 4.78 is 23.6. The second-order valence-electron chi connectivity index (χ2n) is 4.98. The maximum atomic E-state index is 13.4. The number of halogens is 1. The lowest BCUT2D eigenvalue weighted by molar-refractivity contribution is -0.142. The van der Waals surface area contributed by atoms with Gasteiger partial charge in [0.05, 0.1) is 5.56 Å². The Kier molecular flexibility index (Phi) is 4.02. The van der Waals surface area contributed by atoms with E-state index >= 15 is 0 Å². The van der Waals surface area contributed by atoms with Crippen molar-refractivity contribution in [2.45, 2.75) is 31.3 Å². The van der Waals surface area contributed by atoms with Gasteiger partial charge in [0, 0.05) is 29.2 Å². The molecule has 114 valence electrons. The molecule has 1 aliphatic heterocycles. The van der Waals surface area contributed by atoms with Gasteiger partial charge in [-0.2, -0.15) is 0 Å². The first kappa shape index (κ1) is 14.8. The third-order valence-corrected chi connectivity index (χ3v) is 4.52. The van der Waals surface area contributed by atoms with Crippen LogP contribution in [0.25, 0.3) is 0 Å². The van der Waals surface area contributed by atoms with Gasteiger partial charge in [0.1, 0.15) is 18.2 Å². The van der Waals surface area contributed by atoms with Crippen LogP contribution in [0.4, 0.5) is 4.39 Å². The number of rotatable bonds is 2. The Morgan fingerprint density at radius 1 is 1.41 bits per heavy atom. The topological polar surface area (TPSA) is 52.6 Å². The summed E-state index contributed by atoms with van der Waals surface area (Å²) in [6.45, 7) is 1.43. The fourth-order valence-corrected chi connectivity index (χ4v) is 3.29. The smallest absolute Gasteiger partial charge is 0.344 e. The summed E-state index contributed by atoms with van der Waals surface area (Å²) in [6, 6.07) is 5.24. The fourth-order valence-electron chi connectivity index (χ4n) is 2.23. The number of carbonyl (C=O) groups is 2. The molecular formula is C16H13FO4S. The highest BCUT2D eigenvalue weighted by atomic mass is 32.2. The van der Waals surface area contributed by atoms with Gasteiger partial charge in [-0.05, 0) is 24.1 Å². The molecule has 0 N–H and O–H groups in total. The van der Waals surface area contributed by atoms with Crippen LogP contribution in [0.5, 0.6) is 0 Å². The van der Waals surface area contributed by atoms with Crippen LogP contribution in [0.1, 0.15) is 35.7 Å². The molecule has 0 fully saturated rings. The summed E-state index contributed by atoms with van der Waals surface area (Å²) in [6.07, 6.45) is 2.11. The third-order valence-electron chi connectivity index (χ3n) is 3.30. The van der Waals surface area contributed by atoms with Crippen molar-refractivity contribution in [2.24, 2.45) is 0 Å². The molecule has 0 unspecified atom stereocenters.